The molecule has 0 spiro atoms. The Bertz CT molecular complexity index is 1180. The maximum atomic E-state index is 5.74. The monoisotopic (exact) mass is 387 g/mol. The molecule has 4 nitrogen and oxygen atoms in total. The van der Waals surface area contributed by atoms with Crippen molar-refractivity contribution in [2.45, 2.75) is 20.8 Å². The molecule has 28 heavy (non-hydrogen) atoms. The summed E-state index contributed by atoms with van der Waals surface area (Å²) in [4.78, 5) is 5.61. The largest absolute Gasteiger partial charge is 0.460 e. The number of nitrogens with zero attached hydrogens (tertiary/aromatic N) is 3. The van der Waals surface area contributed by atoms with Crippen molar-refractivity contribution in [3.05, 3.63) is 94.0 Å². The Balaban J connectivity index is 1.88. The van der Waals surface area contributed by atoms with Crippen LogP contribution in [0, 0.1) is 13.8 Å². The second kappa shape index (κ2) is 7.82. The number of benzene rings is 2. The first kappa shape index (κ1) is 18.2. The van der Waals surface area contributed by atoms with Gasteiger partial charge in [-0.3, -0.25) is 0 Å². The number of hydrogen-bond donors (Lipinski definition) is 0. The molecule has 0 fully saturated rings. The van der Waals surface area contributed by atoms with E-state index in [2.05, 4.69) is 36.6 Å². The summed E-state index contributed by atoms with van der Waals surface area (Å²) in [6.45, 7) is 5.97. The molecule has 2 aromatic carbocycles. The van der Waals surface area contributed by atoms with Gasteiger partial charge in [0.2, 0.25) is 4.80 Å². The fourth-order valence-corrected chi connectivity index (χ4v) is 3.69. The number of hydrogen-bond acceptors (Lipinski definition) is 4. The molecule has 5 heteroatoms. The van der Waals surface area contributed by atoms with E-state index < -0.39 is 0 Å². The van der Waals surface area contributed by atoms with E-state index in [4.69, 9.17) is 14.5 Å². The molecule has 0 aliphatic rings. The van der Waals surface area contributed by atoms with Crippen molar-refractivity contribution in [3.8, 4) is 11.3 Å². The van der Waals surface area contributed by atoms with Crippen LogP contribution < -0.4 is 4.80 Å². The molecule has 0 aliphatic heterocycles. The van der Waals surface area contributed by atoms with Crippen molar-refractivity contribution < 1.29 is 4.42 Å². The third kappa shape index (κ3) is 3.89. The molecule has 4 rings (SSSR count). The lowest BCUT2D eigenvalue weighted by molar-refractivity contribution is 0.524. The van der Waals surface area contributed by atoms with Gasteiger partial charge in [-0.05, 0) is 45.0 Å². The molecule has 4 aromatic rings. The predicted octanol–water partition coefficient (Wildman–Crippen LogP) is 5.93. The van der Waals surface area contributed by atoms with Gasteiger partial charge < -0.3 is 4.42 Å². The maximum absolute atomic E-state index is 5.74. The Morgan fingerprint density at radius 1 is 0.929 bits per heavy atom. The highest BCUT2D eigenvalue weighted by molar-refractivity contribution is 7.07. The van der Waals surface area contributed by atoms with Gasteiger partial charge in [0.25, 0.3) is 0 Å². The summed E-state index contributed by atoms with van der Waals surface area (Å²) in [7, 11) is 0. The number of furan rings is 1. The van der Waals surface area contributed by atoms with Gasteiger partial charge in [0.1, 0.15) is 17.2 Å². The van der Waals surface area contributed by atoms with Crippen molar-refractivity contribution in [2.75, 3.05) is 0 Å². The van der Waals surface area contributed by atoms with Crippen LogP contribution in [0.3, 0.4) is 0 Å². The van der Waals surface area contributed by atoms with Crippen LogP contribution in [0.1, 0.15) is 24.0 Å². The predicted molar refractivity (Wildman–Crippen MR) is 115 cm³/mol. The van der Waals surface area contributed by atoms with E-state index in [9.17, 15) is 0 Å². The van der Waals surface area contributed by atoms with Crippen LogP contribution in [-0.4, -0.2) is 10.4 Å². The summed E-state index contributed by atoms with van der Waals surface area (Å²) < 4.78 is 7.64. The van der Waals surface area contributed by atoms with Gasteiger partial charge in [0.05, 0.1) is 11.4 Å². The molecule has 2 heterocycles. The first-order valence-corrected chi connectivity index (χ1v) is 9.98. The first-order chi connectivity index (χ1) is 13.6. The molecule has 0 unspecified atom stereocenters. The van der Waals surface area contributed by atoms with Gasteiger partial charge in [-0.15, -0.1) is 11.3 Å². The molecule has 0 aliphatic carbocycles. The molecule has 0 saturated heterocycles. The summed E-state index contributed by atoms with van der Waals surface area (Å²) in [5.74, 6) is 1.63. The SMILES string of the molecule is CC(=Nn1c(-c2ccc(C)cc2)csc1=Nc1ccccc1)c1ccc(C)o1. The molecule has 2 aromatic heterocycles. The highest BCUT2D eigenvalue weighted by atomic mass is 32.1. The summed E-state index contributed by atoms with van der Waals surface area (Å²) in [6, 6.07) is 22.3. The molecule has 0 amide bonds. The van der Waals surface area contributed by atoms with Crippen LogP contribution in [0.15, 0.2) is 86.6 Å². The molecule has 0 N–H and O–H groups in total. The van der Waals surface area contributed by atoms with Gasteiger partial charge >= 0.3 is 0 Å². The summed E-state index contributed by atoms with van der Waals surface area (Å²) >= 11 is 1.57. The van der Waals surface area contributed by atoms with E-state index >= 15 is 0 Å². The zero-order valence-corrected chi connectivity index (χ0v) is 16.9. The van der Waals surface area contributed by atoms with Crippen molar-refractivity contribution in [1.29, 1.82) is 0 Å². The topological polar surface area (TPSA) is 42.8 Å². The quantitative estimate of drug-likeness (QED) is 0.400. The van der Waals surface area contributed by atoms with Gasteiger partial charge in [-0.1, -0.05) is 48.0 Å². The van der Waals surface area contributed by atoms with Crippen molar-refractivity contribution >= 4 is 22.7 Å². The number of para-hydroxylation sites is 1. The van der Waals surface area contributed by atoms with Gasteiger partial charge in [-0.2, -0.15) is 5.10 Å². The molecule has 0 bridgehead atoms. The number of rotatable bonds is 4. The van der Waals surface area contributed by atoms with Crippen LogP contribution >= 0.6 is 11.3 Å². The maximum Gasteiger partial charge on any atom is 0.211 e. The normalized spacial score (nSPS) is 12.5. The Morgan fingerprint density at radius 2 is 1.68 bits per heavy atom. The summed E-state index contributed by atoms with van der Waals surface area (Å²) in [5.41, 5.74) is 5.03. The standard InChI is InChI=1S/C23H21N3OS/c1-16-9-12-19(13-10-16)21-15-28-23(24-20-7-5-4-6-8-20)26(21)25-18(3)22-14-11-17(2)27-22/h4-15H,1-3H3. The highest BCUT2D eigenvalue weighted by Gasteiger charge is 2.10. The third-order valence-corrected chi connectivity index (χ3v) is 5.18. The van der Waals surface area contributed by atoms with E-state index in [1.807, 2.05) is 61.0 Å². The first-order valence-electron chi connectivity index (χ1n) is 9.10. The molecule has 0 radical (unpaired) electrons. The zero-order chi connectivity index (χ0) is 19.5. The van der Waals surface area contributed by atoms with Crippen LogP contribution in [-0.2, 0) is 0 Å². The van der Waals surface area contributed by atoms with Crippen molar-refractivity contribution in [2.24, 2.45) is 10.1 Å². The second-order valence-electron chi connectivity index (χ2n) is 6.62. The van der Waals surface area contributed by atoms with Crippen LogP contribution in [0.2, 0.25) is 0 Å². The minimum Gasteiger partial charge on any atom is -0.460 e. The average Bonchev–Trinajstić information content (AvgIpc) is 3.30. The van der Waals surface area contributed by atoms with Crippen molar-refractivity contribution in [3.63, 3.8) is 0 Å². The number of aryl methyl sites for hydroxylation is 2. The highest BCUT2D eigenvalue weighted by Crippen LogP contribution is 2.22. The summed E-state index contributed by atoms with van der Waals surface area (Å²) in [5, 5.41) is 6.95. The van der Waals surface area contributed by atoms with E-state index in [0.29, 0.717) is 0 Å². The number of thiazole rings is 1. The van der Waals surface area contributed by atoms with Crippen LogP contribution in [0.25, 0.3) is 11.3 Å². The minimum absolute atomic E-state index is 0.761. The Labute approximate surface area is 168 Å². The Morgan fingerprint density at radius 3 is 2.36 bits per heavy atom. The number of aromatic nitrogens is 1. The van der Waals surface area contributed by atoms with Crippen molar-refractivity contribution in [1.82, 2.24) is 4.68 Å². The van der Waals surface area contributed by atoms with Gasteiger partial charge in [-0.25, -0.2) is 9.67 Å². The Kier molecular flexibility index (Phi) is 5.08. The minimum atomic E-state index is 0.761. The van der Waals surface area contributed by atoms with Gasteiger partial charge in [0.15, 0.2) is 0 Å². The fraction of sp³-hybridized carbons (Fsp3) is 0.130. The van der Waals surface area contributed by atoms with E-state index in [0.717, 1.165) is 39.0 Å². The lowest BCUT2D eigenvalue weighted by atomic mass is 10.1. The Hall–Kier alpha value is -3.18. The van der Waals surface area contributed by atoms with Gasteiger partial charge in [0, 0.05) is 10.9 Å². The fourth-order valence-electron chi connectivity index (χ4n) is 2.84. The van der Waals surface area contributed by atoms with E-state index in [1.165, 1.54) is 5.56 Å². The lowest BCUT2D eigenvalue weighted by Gasteiger charge is -2.06. The molecular formula is C23H21N3OS. The van der Waals surface area contributed by atoms with E-state index in [-0.39, 0.29) is 0 Å². The van der Waals surface area contributed by atoms with E-state index in [1.54, 1.807) is 11.3 Å². The average molecular weight is 388 g/mol. The van der Waals surface area contributed by atoms with Crippen LogP contribution in [0.4, 0.5) is 5.69 Å². The molecule has 0 saturated carbocycles. The smallest absolute Gasteiger partial charge is 0.211 e. The molecule has 140 valence electrons. The third-order valence-electron chi connectivity index (χ3n) is 4.36. The zero-order valence-electron chi connectivity index (χ0n) is 16.1. The molecular weight excluding hydrogens is 366 g/mol. The molecule has 0 atom stereocenters. The summed E-state index contributed by atoms with van der Waals surface area (Å²) in [6.07, 6.45) is 0. The second-order valence-corrected chi connectivity index (χ2v) is 7.46. The lowest BCUT2D eigenvalue weighted by Crippen LogP contribution is -2.13. The van der Waals surface area contributed by atoms with Crippen LogP contribution in [0.5, 0.6) is 0 Å².